The number of aliphatic hydroxyl groups excluding tert-OH is 1. The van der Waals surface area contributed by atoms with E-state index < -0.39 is 0 Å². The molecule has 38 heavy (non-hydrogen) atoms. The number of hydrogen-bond acceptors (Lipinski definition) is 3. The molecule has 0 aromatic rings. The maximum atomic E-state index is 13.1. The second-order valence-corrected chi connectivity index (χ2v) is 14.9. The van der Waals surface area contributed by atoms with Crippen LogP contribution in [0.4, 0.5) is 0 Å². The van der Waals surface area contributed by atoms with Gasteiger partial charge in [0, 0.05) is 33.0 Å². The second kappa shape index (κ2) is 11.4. The zero-order valence-electron chi connectivity index (χ0n) is 24.9. The lowest BCUT2D eigenvalue weighted by Crippen LogP contribution is -2.54. The highest BCUT2D eigenvalue weighted by molar-refractivity contribution is 5.76. The van der Waals surface area contributed by atoms with E-state index >= 15 is 0 Å². The van der Waals surface area contributed by atoms with Crippen molar-refractivity contribution in [3.8, 4) is 0 Å². The fourth-order valence-corrected chi connectivity index (χ4v) is 10.9. The van der Waals surface area contributed by atoms with Crippen LogP contribution in [0.15, 0.2) is 0 Å². The van der Waals surface area contributed by atoms with Crippen molar-refractivity contribution in [2.45, 2.75) is 123 Å². The number of likely N-dealkylation sites (tertiary alicyclic amines) is 1. The summed E-state index contributed by atoms with van der Waals surface area (Å²) in [5.74, 6) is 5.79. The predicted octanol–water partition coefficient (Wildman–Crippen LogP) is 6.19. The largest absolute Gasteiger partial charge is 0.393 e. The molecular weight excluding hydrogens is 472 g/mol. The summed E-state index contributed by atoms with van der Waals surface area (Å²) in [6.07, 6.45) is 16.8. The molecule has 9 atom stereocenters. The number of nitrogens with one attached hydrogen (secondary N) is 1. The first-order chi connectivity index (χ1) is 18.2. The molecule has 2 amide bonds. The monoisotopic (exact) mass is 528 g/mol. The minimum atomic E-state index is -0.0571. The molecule has 4 saturated carbocycles. The minimum absolute atomic E-state index is 0.0571. The number of amides is 2. The number of hydrogen-bond donors (Lipinski definition) is 2. The highest BCUT2D eigenvalue weighted by atomic mass is 16.3. The van der Waals surface area contributed by atoms with Crippen LogP contribution in [0.1, 0.15) is 117 Å². The predicted molar refractivity (Wildman–Crippen MR) is 152 cm³/mol. The van der Waals surface area contributed by atoms with Crippen LogP contribution in [0.25, 0.3) is 0 Å². The maximum Gasteiger partial charge on any atom is 0.222 e. The SMILES string of the molecule is CNC(=O)CCC1CCN(C(=O)CC[C@@H](C)C2CCC3C4CCC5C[C@H](O)CC[C@]5(C)C4CC[C@@]32C)CC1. The third kappa shape index (κ3) is 5.31. The van der Waals surface area contributed by atoms with Crippen molar-refractivity contribution < 1.29 is 14.7 Å². The number of piperidine rings is 1. The number of fused-ring (bicyclic) bond motifs is 5. The van der Waals surface area contributed by atoms with Crippen molar-refractivity contribution in [1.82, 2.24) is 10.2 Å². The number of rotatable bonds is 7. The Morgan fingerprint density at radius 2 is 1.63 bits per heavy atom. The summed E-state index contributed by atoms with van der Waals surface area (Å²) in [5, 5.41) is 13.1. The summed E-state index contributed by atoms with van der Waals surface area (Å²) in [4.78, 5) is 26.8. The summed E-state index contributed by atoms with van der Waals surface area (Å²) < 4.78 is 0. The molecule has 0 spiro atoms. The summed E-state index contributed by atoms with van der Waals surface area (Å²) >= 11 is 0. The van der Waals surface area contributed by atoms with Crippen LogP contribution in [0.2, 0.25) is 0 Å². The van der Waals surface area contributed by atoms with Crippen molar-refractivity contribution in [3.63, 3.8) is 0 Å². The molecule has 216 valence electrons. The highest BCUT2D eigenvalue weighted by Gasteiger charge is 2.60. The van der Waals surface area contributed by atoms with Gasteiger partial charge >= 0.3 is 0 Å². The average Bonchev–Trinajstić information content (AvgIpc) is 3.28. The summed E-state index contributed by atoms with van der Waals surface area (Å²) in [6, 6.07) is 0. The number of nitrogens with zero attached hydrogens (tertiary/aromatic N) is 1. The maximum absolute atomic E-state index is 13.1. The zero-order valence-corrected chi connectivity index (χ0v) is 24.9. The fourth-order valence-electron chi connectivity index (χ4n) is 10.9. The average molecular weight is 529 g/mol. The molecule has 5 rings (SSSR count). The Bertz CT molecular complexity index is 853. The molecule has 1 aliphatic heterocycles. The van der Waals surface area contributed by atoms with Crippen LogP contribution in [-0.4, -0.2) is 48.1 Å². The van der Waals surface area contributed by atoms with E-state index in [9.17, 15) is 14.7 Å². The van der Waals surface area contributed by atoms with Crippen molar-refractivity contribution in [2.75, 3.05) is 20.1 Å². The van der Waals surface area contributed by atoms with Crippen LogP contribution in [-0.2, 0) is 9.59 Å². The van der Waals surface area contributed by atoms with Crippen molar-refractivity contribution in [1.29, 1.82) is 0 Å². The van der Waals surface area contributed by atoms with Crippen LogP contribution in [0, 0.1) is 52.3 Å². The van der Waals surface area contributed by atoms with E-state index in [0.29, 0.717) is 41.4 Å². The van der Waals surface area contributed by atoms with Gasteiger partial charge in [-0.1, -0.05) is 20.8 Å². The van der Waals surface area contributed by atoms with Gasteiger partial charge in [0.15, 0.2) is 0 Å². The quantitative estimate of drug-likeness (QED) is 0.414. The van der Waals surface area contributed by atoms with Crippen molar-refractivity contribution in [3.05, 3.63) is 0 Å². The second-order valence-electron chi connectivity index (χ2n) is 14.9. The number of carbonyl (C=O) groups excluding carboxylic acids is 2. The standard InChI is InChI=1S/C33H56N2O3/c1-22(5-12-31(38)35-19-15-23(16-20-35)6-11-30(37)34-4)27-9-10-28-26-8-7-24-21-25(36)13-17-32(24,2)29(26)14-18-33(27,28)3/h22-29,36H,5-21H2,1-4H3,(H,34,37)/t22-,24?,25-,26?,27?,28?,29?,32+,33-/m1/s1. The van der Waals surface area contributed by atoms with Gasteiger partial charge in [0.1, 0.15) is 0 Å². The Labute approximate surface area is 232 Å². The summed E-state index contributed by atoms with van der Waals surface area (Å²) in [6.45, 7) is 9.41. The van der Waals surface area contributed by atoms with Crippen molar-refractivity contribution >= 4 is 11.8 Å². The minimum Gasteiger partial charge on any atom is -0.393 e. The van der Waals surface area contributed by atoms with E-state index in [1.54, 1.807) is 7.05 Å². The third-order valence-electron chi connectivity index (χ3n) is 13.2. The lowest BCUT2D eigenvalue weighted by molar-refractivity contribution is -0.134. The van der Waals surface area contributed by atoms with Gasteiger partial charge in [0.25, 0.3) is 0 Å². The smallest absolute Gasteiger partial charge is 0.222 e. The Morgan fingerprint density at radius 1 is 0.921 bits per heavy atom. The highest BCUT2D eigenvalue weighted by Crippen LogP contribution is 2.68. The van der Waals surface area contributed by atoms with Gasteiger partial charge in [-0.25, -0.2) is 0 Å². The van der Waals surface area contributed by atoms with Crippen LogP contribution in [0.3, 0.4) is 0 Å². The summed E-state index contributed by atoms with van der Waals surface area (Å²) in [7, 11) is 1.70. The van der Waals surface area contributed by atoms with Crippen molar-refractivity contribution in [2.24, 2.45) is 52.3 Å². The fraction of sp³-hybridized carbons (Fsp3) is 0.939. The van der Waals surface area contributed by atoms with Gasteiger partial charge in [-0.3, -0.25) is 9.59 Å². The van der Waals surface area contributed by atoms with E-state index in [-0.39, 0.29) is 12.0 Å². The number of aliphatic hydroxyl groups is 1. The van der Waals surface area contributed by atoms with Crippen LogP contribution in [0.5, 0.6) is 0 Å². The first-order valence-corrected chi connectivity index (χ1v) is 16.3. The third-order valence-corrected chi connectivity index (χ3v) is 13.2. The van der Waals surface area contributed by atoms with Gasteiger partial charge in [0.05, 0.1) is 6.10 Å². The Morgan fingerprint density at radius 3 is 2.37 bits per heavy atom. The van der Waals surface area contributed by atoms with Crippen LogP contribution >= 0.6 is 0 Å². The zero-order chi connectivity index (χ0) is 27.1. The molecule has 5 aliphatic rings. The van der Waals surface area contributed by atoms with E-state index in [0.717, 1.165) is 81.2 Å². The van der Waals surface area contributed by atoms with Gasteiger partial charge in [-0.2, -0.15) is 0 Å². The molecule has 5 nitrogen and oxygen atoms in total. The van der Waals surface area contributed by atoms with E-state index in [1.807, 2.05) is 0 Å². The molecule has 5 fully saturated rings. The van der Waals surface area contributed by atoms with Gasteiger partial charge < -0.3 is 15.3 Å². The van der Waals surface area contributed by atoms with E-state index in [2.05, 4.69) is 31.0 Å². The lowest BCUT2D eigenvalue weighted by Gasteiger charge is -2.61. The Kier molecular flexibility index (Phi) is 8.54. The first-order valence-electron chi connectivity index (χ1n) is 16.3. The number of carbonyl (C=O) groups is 2. The van der Waals surface area contributed by atoms with Gasteiger partial charge in [-0.15, -0.1) is 0 Å². The van der Waals surface area contributed by atoms with E-state index in [1.165, 1.54) is 44.9 Å². The molecule has 2 N–H and O–H groups in total. The lowest BCUT2D eigenvalue weighted by atomic mass is 9.44. The van der Waals surface area contributed by atoms with Crippen LogP contribution < -0.4 is 5.32 Å². The molecule has 5 unspecified atom stereocenters. The molecule has 0 aromatic heterocycles. The molecular formula is C33H56N2O3. The van der Waals surface area contributed by atoms with Gasteiger partial charge in [-0.05, 0) is 136 Å². The summed E-state index contributed by atoms with van der Waals surface area (Å²) in [5.41, 5.74) is 0.902. The molecule has 0 bridgehead atoms. The Balaban J connectivity index is 1.12. The topological polar surface area (TPSA) is 69.6 Å². The molecule has 0 radical (unpaired) electrons. The van der Waals surface area contributed by atoms with E-state index in [4.69, 9.17) is 0 Å². The molecule has 1 heterocycles. The first kappa shape index (κ1) is 28.4. The normalized spacial score (nSPS) is 42.1. The molecule has 5 heteroatoms. The molecule has 0 aromatic carbocycles. The van der Waals surface area contributed by atoms with Gasteiger partial charge in [0.2, 0.25) is 11.8 Å². The molecule has 1 saturated heterocycles. The Hall–Kier alpha value is -1.10. The molecule has 4 aliphatic carbocycles.